The molecule has 5 heteroatoms. The number of rotatable bonds is 9. The van der Waals surface area contributed by atoms with Crippen molar-refractivity contribution >= 4 is 11.6 Å². The summed E-state index contributed by atoms with van der Waals surface area (Å²) in [5, 5.41) is 3.03. The molecule has 5 nitrogen and oxygen atoms in total. The van der Waals surface area contributed by atoms with E-state index in [4.69, 9.17) is 9.47 Å². The largest absolute Gasteiger partial charge is 0.490 e. The first-order chi connectivity index (χ1) is 13.2. The van der Waals surface area contributed by atoms with Crippen LogP contribution in [0.3, 0.4) is 0 Å². The number of fused-ring (bicyclic) bond motifs is 1. The van der Waals surface area contributed by atoms with Crippen LogP contribution in [0.1, 0.15) is 25.0 Å². The molecule has 0 aromatic heterocycles. The summed E-state index contributed by atoms with van der Waals surface area (Å²) in [6, 6.07) is 14.3. The van der Waals surface area contributed by atoms with Gasteiger partial charge in [0.25, 0.3) is 0 Å². The predicted octanol–water partition coefficient (Wildman–Crippen LogP) is 3.21. The van der Waals surface area contributed by atoms with Crippen LogP contribution < -0.4 is 19.7 Å². The maximum atomic E-state index is 12.3. The van der Waals surface area contributed by atoms with Crippen molar-refractivity contribution in [2.24, 2.45) is 0 Å². The molecule has 3 rings (SSSR count). The standard InChI is InChI=1S/C22H28N2O3/c1-3-26-20-10-9-17(15-21(20)27-4-2)11-13-23-22(25)16-24-14-12-18-7-5-6-8-19(18)24/h5-10,15H,3-4,11-14,16H2,1-2H3,(H,23,25). The van der Waals surface area contributed by atoms with E-state index in [2.05, 4.69) is 28.4 Å². The third kappa shape index (κ3) is 4.94. The molecule has 2 aromatic carbocycles. The molecule has 27 heavy (non-hydrogen) atoms. The van der Waals surface area contributed by atoms with Gasteiger partial charge in [-0.3, -0.25) is 4.79 Å². The van der Waals surface area contributed by atoms with E-state index in [0.717, 1.165) is 36.4 Å². The van der Waals surface area contributed by atoms with Crippen LogP contribution in [-0.2, 0) is 17.6 Å². The summed E-state index contributed by atoms with van der Waals surface area (Å²) in [4.78, 5) is 14.5. The summed E-state index contributed by atoms with van der Waals surface area (Å²) in [6.07, 6.45) is 1.77. The maximum absolute atomic E-state index is 12.3. The van der Waals surface area contributed by atoms with Crippen molar-refractivity contribution in [1.82, 2.24) is 5.32 Å². The van der Waals surface area contributed by atoms with Crippen LogP contribution in [0.2, 0.25) is 0 Å². The molecule has 0 saturated heterocycles. The summed E-state index contributed by atoms with van der Waals surface area (Å²) in [5.41, 5.74) is 3.62. The van der Waals surface area contributed by atoms with Crippen LogP contribution in [0.5, 0.6) is 11.5 Å². The lowest BCUT2D eigenvalue weighted by Crippen LogP contribution is -2.37. The highest BCUT2D eigenvalue weighted by Gasteiger charge is 2.20. The number of carbonyl (C=O) groups excluding carboxylic acids is 1. The molecule has 1 N–H and O–H groups in total. The minimum Gasteiger partial charge on any atom is -0.490 e. The monoisotopic (exact) mass is 368 g/mol. The van der Waals surface area contributed by atoms with E-state index in [1.165, 1.54) is 11.3 Å². The Morgan fingerprint density at radius 2 is 1.85 bits per heavy atom. The van der Waals surface area contributed by atoms with Gasteiger partial charge in [-0.1, -0.05) is 24.3 Å². The van der Waals surface area contributed by atoms with Crippen molar-refractivity contribution in [2.45, 2.75) is 26.7 Å². The zero-order valence-corrected chi connectivity index (χ0v) is 16.2. The van der Waals surface area contributed by atoms with Gasteiger partial charge < -0.3 is 19.7 Å². The second-order valence-electron chi connectivity index (χ2n) is 6.55. The minimum atomic E-state index is 0.0580. The molecule has 1 amide bonds. The first-order valence-corrected chi connectivity index (χ1v) is 9.69. The Labute approximate surface area is 161 Å². The molecule has 0 bridgehead atoms. The van der Waals surface area contributed by atoms with Gasteiger partial charge >= 0.3 is 0 Å². The van der Waals surface area contributed by atoms with Gasteiger partial charge in [0.2, 0.25) is 5.91 Å². The molecule has 1 aliphatic heterocycles. The third-order valence-electron chi connectivity index (χ3n) is 4.66. The van der Waals surface area contributed by atoms with E-state index >= 15 is 0 Å². The number of hydrogen-bond donors (Lipinski definition) is 1. The van der Waals surface area contributed by atoms with E-state index in [0.29, 0.717) is 26.3 Å². The zero-order chi connectivity index (χ0) is 19.1. The van der Waals surface area contributed by atoms with Gasteiger partial charge in [0.05, 0.1) is 19.8 Å². The molecule has 2 aromatic rings. The fourth-order valence-electron chi connectivity index (χ4n) is 3.40. The first kappa shape index (κ1) is 19.1. The molecule has 1 aliphatic rings. The summed E-state index contributed by atoms with van der Waals surface area (Å²) in [5.74, 6) is 1.58. The van der Waals surface area contributed by atoms with Gasteiger partial charge in [-0.25, -0.2) is 0 Å². The van der Waals surface area contributed by atoms with Crippen LogP contribution in [-0.4, -0.2) is 38.8 Å². The predicted molar refractivity (Wildman–Crippen MR) is 108 cm³/mol. The van der Waals surface area contributed by atoms with Crippen molar-refractivity contribution in [1.29, 1.82) is 0 Å². The highest BCUT2D eigenvalue weighted by molar-refractivity contribution is 5.82. The molecule has 144 valence electrons. The SMILES string of the molecule is CCOc1ccc(CCNC(=O)CN2CCc3ccccc32)cc1OCC. The third-order valence-corrected chi connectivity index (χ3v) is 4.66. The number of nitrogens with one attached hydrogen (secondary N) is 1. The van der Waals surface area contributed by atoms with E-state index in [1.807, 2.05) is 38.1 Å². The molecule has 0 radical (unpaired) electrons. The summed E-state index contributed by atoms with van der Waals surface area (Å²) in [6.45, 7) is 7.03. The van der Waals surface area contributed by atoms with Gasteiger partial charge in [-0.2, -0.15) is 0 Å². The summed E-state index contributed by atoms with van der Waals surface area (Å²) in [7, 11) is 0. The number of anilines is 1. The first-order valence-electron chi connectivity index (χ1n) is 9.69. The average Bonchev–Trinajstić information content (AvgIpc) is 3.07. The molecule has 0 aliphatic carbocycles. The fraction of sp³-hybridized carbons (Fsp3) is 0.409. The number of benzene rings is 2. The van der Waals surface area contributed by atoms with Gasteiger partial charge in [-0.15, -0.1) is 0 Å². The highest BCUT2D eigenvalue weighted by Crippen LogP contribution is 2.29. The lowest BCUT2D eigenvalue weighted by Gasteiger charge is -2.18. The Hall–Kier alpha value is -2.69. The Morgan fingerprint density at radius 1 is 1.07 bits per heavy atom. The second-order valence-corrected chi connectivity index (χ2v) is 6.55. The number of nitrogens with zero attached hydrogens (tertiary/aromatic N) is 1. The smallest absolute Gasteiger partial charge is 0.239 e. The average molecular weight is 368 g/mol. The number of para-hydroxylation sites is 1. The van der Waals surface area contributed by atoms with Crippen LogP contribution in [0, 0.1) is 0 Å². The molecular formula is C22H28N2O3. The van der Waals surface area contributed by atoms with Crippen molar-refractivity contribution in [3.63, 3.8) is 0 Å². The second kappa shape index (κ2) is 9.31. The number of amides is 1. The highest BCUT2D eigenvalue weighted by atomic mass is 16.5. The van der Waals surface area contributed by atoms with Crippen LogP contribution in [0.25, 0.3) is 0 Å². The van der Waals surface area contributed by atoms with E-state index in [-0.39, 0.29) is 5.91 Å². The van der Waals surface area contributed by atoms with Gasteiger partial charge in [0.1, 0.15) is 0 Å². The van der Waals surface area contributed by atoms with Crippen molar-refractivity contribution in [3.05, 3.63) is 53.6 Å². The van der Waals surface area contributed by atoms with Crippen molar-refractivity contribution in [3.8, 4) is 11.5 Å². The molecule has 0 unspecified atom stereocenters. The normalized spacial score (nSPS) is 12.6. The Bertz CT molecular complexity index is 776. The Kier molecular flexibility index (Phi) is 6.58. The number of ether oxygens (including phenoxy) is 2. The fourth-order valence-corrected chi connectivity index (χ4v) is 3.40. The van der Waals surface area contributed by atoms with E-state index < -0.39 is 0 Å². The van der Waals surface area contributed by atoms with Gasteiger partial charge in [-0.05, 0) is 56.0 Å². The maximum Gasteiger partial charge on any atom is 0.239 e. The molecule has 0 fully saturated rings. The van der Waals surface area contributed by atoms with E-state index in [1.54, 1.807) is 0 Å². The lowest BCUT2D eigenvalue weighted by molar-refractivity contribution is -0.119. The Morgan fingerprint density at radius 3 is 2.67 bits per heavy atom. The van der Waals surface area contributed by atoms with Gasteiger partial charge in [0, 0.05) is 18.8 Å². The zero-order valence-electron chi connectivity index (χ0n) is 16.2. The Balaban J connectivity index is 1.49. The van der Waals surface area contributed by atoms with Crippen LogP contribution >= 0.6 is 0 Å². The number of hydrogen-bond acceptors (Lipinski definition) is 4. The summed E-state index contributed by atoms with van der Waals surface area (Å²) < 4.78 is 11.3. The molecule has 1 heterocycles. The van der Waals surface area contributed by atoms with Gasteiger partial charge in [0.15, 0.2) is 11.5 Å². The topological polar surface area (TPSA) is 50.8 Å². The quantitative estimate of drug-likeness (QED) is 0.738. The lowest BCUT2D eigenvalue weighted by atomic mass is 10.1. The van der Waals surface area contributed by atoms with Crippen molar-refractivity contribution in [2.75, 3.05) is 37.7 Å². The number of carbonyl (C=O) groups is 1. The molecular weight excluding hydrogens is 340 g/mol. The van der Waals surface area contributed by atoms with Crippen molar-refractivity contribution < 1.29 is 14.3 Å². The van der Waals surface area contributed by atoms with E-state index in [9.17, 15) is 4.79 Å². The van der Waals surface area contributed by atoms with Crippen LogP contribution in [0.15, 0.2) is 42.5 Å². The summed E-state index contributed by atoms with van der Waals surface area (Å²) >= 11 is 0. The van der Waals surface area contributed by atoms with Crippen LogP contribution in [0.4, 0.5) is 5.69 Å². The molecule has 0 atom stereocenters. The molecule has 0 spiro atoms. The minimum absolute atomic E-state index is 0.0580. The molecule has 0 saturated carbocycles.